The van der Waals surface area contributed by atoms with Crippen molar-refractivity contribution in [3.8, 4) is 0 Å². The third kappa shape index (κ3) is 2.72. The number of carbonyl (C=O) groups excluding carboxylic acids is 1. The lowest BCUT2D eigenvalue weighted by molar-refractivity contribution is -0.137. The van der Waals surface area contributed by atoms with Crippen LogP contribution in [0.3, 0.4) is 0 Å². The Morgan fingerprint density at radius 1 is 1.30 bits per heavy atom. The molecule has 0 spiro atoms. The molecule has 1 N–H and O–H groups in total. The Kier molecular flexibility index (Phi) is 4.03. The van der Waals surface area contributed by atoms with Crippen molar-refractivity contribution in [3.05, 3.63) is 35.9 Å². The number of carbonyl (C=O) groups is 1. The van der Waals surface area contributed by atoms with Crippen molar-refractivity contribution < 1.29 is 14.6 Å². The van der Waals surface area contributed by atoms with Gasteiger partial charge in [-0.15, -0.1) is 0 Å². The summed E-state index contributed by atoms with van der Waals surface area (Å²) in [4.78, 5) is 14.4. The molecule has 1 aromatic carbocycles. The van der Waals surface area contributed by atoms with Gasteiger partial charge in [0.25, 0.3) is 0 Å². The van der Waals surface area contributed by atoms with Gasteiger partial charge in [0.1, 0.15) is 0 Å². The van der Waals surface area contributed by atoms with Gasteiger partial charge in [0.2, 0.25) is 5.91 Å². The third-order valence-corrected chi connectivity index (χ3v) is 4.36. The normalized spacial score (nSPS) is 29.9. The SMILES string of the molecule is O=C([C@@H]1CCOC1)N1CC[C@H](O)[C@@H]1Cc1ccccc1. The summed E-state index contributed by atoms with van der Waals surface area (Å²) in [6, 6.07) is 9.97. The van der Waals surface area contributed by atoms with Gasteiger partial charge in [-0.05, 0) is 24.8 Å². The predicted octanol–water partition coefficient (Wildman–Crippen LogP) is 1.23. The van der Waals surface area contributed by atoms with E-state index >= 15 is 0 Å². The first-order chi connectivity index (χ1) is 9.75. The minimum Gasteiger partial charge on any atom is -0.391 e. The average Bonchev–Trinajstić information content (AvgIpc) is 3.11. The molecule has 2 aliphatic heterocycles. The molecule has 0 aliphatic carbocycles. The first-order valence-corrected chi connectivity index (χ1v) is 7.36. The van der Waals surface area contributed by atoms with Crippen LogP contribution < -0.4 is 0 Å². The van der Waals surface area contributed by atoms with Gasteiger partial charge in [-0.1, -0.05) is 30.3 Å². The fourth-order valence-corrected chi connectivity index (χ4v) is 3.18. The van der Waals surface area contributed by atoms with Crippen LogP contribution in [0.1, 0.15) is 18.4 Å². The van der Waals surface area contributed by atoms with Gasteiger partial charge in [0.05, 0.1) is 24.7 Å². The summed E-state index contributed by atoms with van der Waals surface area (Å²) in [5.41, 5.74) is 1.17. The van der Waals surface area contributed by atoms with Crippen molar-refractivity contribution >= 4 is 5.91 Å². The van der Waals surface area contributed by atoms with Crippen molar-refractivity contribution in [1.29, 1.82) is 0 Å². The summed E-state index contributed by atoms with van der Waals surface area (Å²) in [6.45, 7) is 1.87. The topological polar surface area (TPSA) is 49.8 Å². The van der Waals surface area contributed by atoms with Gasteiger partial charge in [-0.25, -0.2) is 0 Å². The second-order valence-corrected chi connectivity index (χ2v) is 5.71. The van der Waals surface area contributed by atoms with Crippen molar-refractivity contribution in [2.24, 2.45) is 5.92 Å². The molecule has 108 valence electrons. The van der Waals surface area contributed by atoms with Crippen LogP contribution in [0.2, 0.25) is 0 Å². The predicted molar refractivity (Wildman–Crippen MR) is 75.2 cm³/mol. The molecule has 0 saturated carbocycles. The second kappa shape index (κ2) is 5.94. The van der Waals surface area contributed by atoms with Crippen LogP contribution in [0.25, 0.3) is 0 Å². The van der Waals surface area contributed by atoms with E-state index in [0.29, 0.717) is 26.2 Å². The fourth-order valence-electron chi connectivity index (χ4n) is 3.18. The molecule has 3 atom stereocenters. The molecule has 1 amide bonds. The molecule has 3 rings (SSSR count). The van der Waals surface area contributed by atoms with Crippen LogP contribution in [-0.4, -0.2) is 47.8 Å². The Hall–Kier alpha value is -1.39. The fraction of sp³-hybridized carbons (Fsp3) is 0.562. The number of hydrogen-bond acceptors (Lipinski definition) is 3. The molecular weight excluding hydrogens is 254 g/mol. The largest absolute Gasteiger partial charge is 0.391 e. The number of hydrogen-bond donors (Lipinski definition) is 1. The Balaban J connectivity index is 1.71. The summed E-state index contributed by atoms with van der Waals surface area (Å²) in [5, 5.41) is 10.2. The smallest absolute Gasteiger partial charge is 0.228 e. The number of ether oxygens (including phenoxy) is 1. The van der Waals surface area contributed by atoms with Gasteiger partial charge < -0.3 is 14.7 Å². The number of nitrogens with zero attached hydrogens (tertiary/aromatic N) is 1. The Morgan fingerprint density at radius 3 is 2.80 bits per heavy atom. The molecule has 0 bridgehead atoms. The highest BCUT2D eigenvalue weighted by atomic mass is 16.5. The van der Waals surface area contributed by atoms with Crippen LogP contribution in [0.5, 0.6) is 0 Å². The molecule has 0 unspecified atom stereocenters. The number of aliphatic hydroxyl groups is 1. The van der Waals surface area contributed by atoms with Crippen LogP contribution in [0.15, 0.2) is 30.3 Å². The molecule has 2 saturated heterocycles. The Bertz CT molecular complexity index is 456. The number of likely N-dealkylation sites (tertiary alicyclic amines) is 1. The molecule has 0 aromatic heterocycles. The summed E-state index contributed by atoms with van der Waals surface area (Å²) < 4.78 is 5.31. The van der Waals surface area contributed by atoms with E-state index in [9.17, 15) is 9.90 Å². The maximum atomic E-state index is 12.5. The maximum Gasteiger partial charge on any atom is 0.228 e. The number of amides is 1. The van der Waals surface area contributed by atoms with Gasteiger partial charge >= 0.3 is 0 Å². The van der Waals surface area contributed by atoms with E-state index in [1.165, 1.54) is 5.56 Å². The number of rotatable bonds is 3. The minimum atomic E-state index is -0.415. The van der Waals surface area contributed by atoms with Crippen LogP contribution >= 0.6 is 0 Å². The molecule has 0 radical (unpaired) electrons. The van der Waals surface area contributed by atoms with Crippen LogP contribution in [-0.2, 0) is 16.0 Å². The maximum absolute atomic E-state index is 12.5. The average molecular weight is 275 g/mol. The van der Waals surface area contributed by atoms with Gasteiger partial charge in [-0.2, -0.15) is 0 Å². The number of aliphatic hydroxyl groups excluding tert-OH is 1. The highest BCUT2D eigenvalue weighted by Crippen LogP contribution is 2.26. The van der Waals surface area contributed by atoms with Crippen molar-refractivity contribution in [2.45, 2.75) is 31.4 Å². The minimum absolute atomic E-state index is 0.0152. The van der Waals surface area contributed by atoms with E-state index < -0.39 is 6.10 Å². The second-order valence-electron chi connectivity index (χ2n) is 5.71. The molecular formula is C16H21NO3. The summed E-state index contributed by atoms with van der Waals surface area (Å²) in [5.74, 6) is 0.138. The summed E-state index contributed by atoms with van der Waals surface area (Å²) >= 11 is 0. The summed E-state index contributed by atoms with van der Waals surface area (Å²) in [6.07, 6.45) is 1.79. The molecule has 1 aromatic rings. The zero-order chi connectivity index (χ0) is 13.9. The van der Waals surface area contributed by atoms with Crippen LogP contribution in [0.4, 0.5) is 0 Å². The standard InChI is InChI=1S/C16H21NO3/c18-15-6-8-17(16(19)13-7-9-20-11-13)14(15)10-12-4-2-1-3-5-12/h1-5,13-15,18H,6-11H2/t13-,14+,15+/m1/s1. The lowest BCUT2D eigenvalue weighted by atomic mass is 10.0. The van der Waals surface area contributed by atoms with E-state index in [0.717, 1.165) is 12.8 Å². The van der Waals surface area contributed by atoms with Gasteiger partial charge in [-0.3, -0.25) is 4.79 Å². The van der Waals surface area contributed by atoms with Crippen LogP contribution in [0, 0.1) is 5.92 Å². The van der Waals surface area contributed by atoms with E-state index in [2.05, 4.69) is 0 Å². The first kappa shape index (κ1) is 13.6. The summed E-state index contributed by atoms with van der Waals surface area (Å²) in [7, 11) is 0. The zero-order valence-corrected chi connectivity index (χ0v) is 11.6. The molecule has 2 fully saturated rings. The third-order valence-electron chi connectivity index (χ3n) is 4.36. The monoisotopic (exact) mass is 275 g/mol. The van der Waals surface area contributed by atoms with E-state index in [1.54, 1.807) is 0 Å². The molecule has 4 nitrogen and oxygen atoms in total. The quantitative estimate of drug-likeness (QED) is 0.902. The first-order valence-electron chi connectivity index (χ1n) is 7.36. The molecule has 20 heavy (non-hydrogen) atoms. The molecule has 2 aliphatic rings. The highest BCUT2D eigenvalue weighted by Gasteiger charge is 2.39. The van der Waals surface area contributed by atoms with Crippen molar-refractivity contribution in [3.63, 3.8) is 0 Å². The van der Waals surface area contributed by atoms with Gasteiger partial charge in [0.15, 0.2) is 0 Å². The van der Waals surface area contributed by atoms with E-state index in [-0.39, 0.29) is 17.9 Å². The lowest BCUT2D eigenvalue weighted by Gasteiger charge is -2.28. The Morgan fingerprint density at radius 2 is 2.10 bits per heavy atom. The number of benzene rings is 1. The zero-order valence-electron chi connectivity index (χ0n) is 11.6. The lowest BCUT2D eigenvalue weighted by Crippen LogP contribution is -2.44. The molecule has 2 heterocycles. The van der Waals surface area contributed by atoms with Crippen molar-refractivity contribution in [1.82, 2.24) is 4.90 Å². The van der Waals surface area contributed by atoms with Gasteiger partial charge in [0, 0.05) is 13.2 Å². The van der Waals surface area contributed by atoms with E-state index in [1.807, 2.05) is 35.2 Å². The van der Waals surface area contributed by atoms with Crippen molar-refractivity contribution in [2.75, 3.05) is 19.8 Å². The highest BCUT2D eigenvalue weighted by molar-refractivity contribution is 5.80. The van der Waals surface area contributed by atoms with E-state index in [4.69, 9.17) is 4.74 Å². The molecule has 4 heteroatoms. The Labute approximate surface area is 119 Å².